The van der Waals surface area contributed by atoms with Crippen LogP contribution in [0.25, 0.3) is 0 Å². The third-order valence-electron chi connectivity index (χ3n) is 10.6. The van der Waals surface area contributed by atoms with Crippen molar-refractivity contribution in [2.75, 3.05) is 62.2 Å². The van der Waals surface area contributed by atoms with Gasteiger partial charge in [0.15, 0.2) is 0 Å². The Balaban J connectivity index is 0.000000179. The van der Waals surface area contributed by atoms with Crippen LogP contribution in [0.2, 0.25) is 5.02 Å². The van der Waals surface area contributed by atoms with Crippen molar-refractivity contribution in [3.05, 3.63) is 147 Å². The van der Waals surface area contributed by atoms with Crippen LogP contribution in [-0.4, -0.2) is 89.3 Å². The number of hydrogen-bond donors (Lipinski definition) is 0. The van der Waals surface area contributed by atoms with Gasteiger partial charge in [0.2, 0.25) is 0 Å². The fourth-order valence-corrected chi connectivity index (χ4v) is 7.21. The van der Waals surface area contributed by atoms with Crippen molar-refractivity contribution in [2.45, 2.75) is 40.9 Å². The Morgan fingerprint density at radius 3 is 1.49 bits per heavy atom. The van der Waals surface area contributed by atoms with E-state index in [-0.39, 0.29) is 11.8 Å². The van der Waals surface area contributed by atoms with Gasteiger partial charge in [0.05, 0.1) is 38.7 Å². The molecular weight excluding hydrogens is 770 g/mol. The summed E-state index contributed by atoms with van der Waals surface area (Å²) in [5.74, 6) is 3.45. The van der Waals surface area contributed by atoms with Gasteiger partial charge in [-0.1, -0.05) is 64.4 Å². The number of carbonyl (C=O) groups excluding carboxylic acids is 2. The number of amides is 2. The predicted octanol–water partition coefficient (Wildman–Crippen LogP) is 7.71. The minimum Gasteiger partial charge on any atom is -0.488 e. The number of nitrogens with zero attached hydrogens (tertiary/aromatic N) is 7. The monoisotopic (exact) mass is 817 g/mol. The lowest BCUT2D eigenvalue weighted by Gasteiger charge is -2.36. The number of rotatable bonds is 10. The van der Waals surface area contributed by atoms with Crippen LogP contribution >= 0.6 is 11.6 Å². The quantitative estimate of drug-likeness (QED) is 0.135. The fraction of sp³-hybridized carbons (Fsp3) is 0.311. The van der Waals surface area contributed by atoms with E-state index in [4.69, 9.17) is 30.1 Å². The molecule has 0 aliphatic carbocycles. The molecule has 2 aliphatic rings. The lowest BCUT2D eigenvalue weighted by Crippen LogP contribution is -2.49. The molecule has 0 atom stereocenters. The maximum Gasteiger partial charge on any atom is 0.257 e. The topological polar surface area (TPSA) is 131 Å². The second-order valence-electron chi connectivity index (χ2n) is 14.4. The second-order valence-corrected chi connectivity index (χ2v) is 14.8. The first kappa shape index (κ1) is 40.8. The first-order valence-electron chi connectivity index (χ1n) is 19.7. The van der Waals surface area contributed by atoms with Gasteiger partial charge in [-0.3, -0.25) is 9.59 Å². The predicted molar refractivity (Wildman–Crippen MR) is 225 cm³/mol. The summed E-state index contributed by atoms with van der Waals surface area (Å²) in [4.78, 5) is 38.9. The van der Waals surface area contributed by atoms with Crippen molar-refractivity contribution in [1.29, 1.82) is 0 Å². The van der Waals surface area contributed by atoms with Crippen LogP contribution < -0.4 is 19.3 Å². The number of halogens is 1. The maximum atomic E-state index is 13.2. The molecule has 14 heteroatoms. The Hall–Kier alpha value is -6.34. The summed E-state index contributed by atoms with van der Waals surface area (Å²) in [7, 11) is 0. The molecule has 5 heterocycles. The number of benzene rings is 3. The lowest BCUT2D eigenvalue weighted by molar-refractivity contribution is 0.0734. The molecule has 0 N–H and O–H groups in total. The van der Waals surface area contributed by atoms with Crippen molar-refractivity contribution in [2.24, 2.45) is 0 Å². The zero-order valence-electron chi connectivity index (χ0n) is 33.8. The number of piperazine rings is 2. The number of pyridine rings is 1. The summed E-state index contributed by atoms with van der Waals surface area (Å²) in [6.45, 7) is 13.8. The minimum absolute atomic E-state index is 0.00655. The molecule has 6 aromatic rings. The normalized spacial score (nSPS) is 14.1. The summed E-state index contributed by atoms with van der Waals surface area (Å²) >= 11 is 5.92. The molecule has 2 fully saturated rings. The average molecular weight is 818 g/mol. The maximum absolute atomic E-state index is 13.2. The molecule has 306 valence electrons. The van der Waals surface area contributed by atoms with Crippen molar-refractivity contribution in [3.8, 4) is 11.5 Å². The lowest BCUT2D eigenvalue weighted by atomic mass is 10.1. The molecule has 13 nitrogen and oxygen atoms in total. The van der Waals surface area contributed by atoms with Gasteiger partial charge in [-0.25, -0.2) is 4.98 Å². The Morgan fingerprint density at radius 2 is 1.05 bits per heavy atom. The van der Waals surface area contributed by atoms with E-state index in [0.29, 0.717) is 80.1 Å². The molecule has 2 aliphatic heterocycles. The minimum atomic E-state index is -0.0342. The van der Waals surface area contributed by atoms with Crippen molar-refractivity contribution < 1.29 is 28.1 Å². The van der Waals surface area contributed by atoms with E-state index >= 15 is 0 Å². The summed E-state index contributed by atoms with van der Waals surface area (Å²) in [5, 5.41) is 8.52. The molecule has 0 spiro atoms. The van der Waals surface area contributed by atoms with Gasteiger partial charge in [-0.15, -0.1) is 0 Å². The van der Waals surface area contributed by atoms with Crippen molar-refractivity contribution in [3.63, 3.8) is 0 Å². The molecule has 3 aromatic carbocycles. The fourth-order valence-electron chi connectivity index (χ4n) is 7.10. The third kappa shape index (κ3) is 9.86. The van der Waals surface area contributed by atoms with E-state index in [1.54, 1.807) is 12.3 Å². The van der Waals surface area contributed by atoms with Crippen LogP contribution in [0.4, 0.5) is 11.5 Å². The van der Waals surface area contributed by atoms with Crippen LogP contribution in [0.1, 0.15) is 54.8 Å². The highest BCUT2D eigenvalue weighted by molar-refractivity contribution is 6.30. The number of anilines is 2. The molecule has 0 radical (unpaired) electrons. The first-order valence-corrected chi connectivity index (χ1v) is 20.1. The largest absolute Gasteiger partial charge is 0.488 e. The summed E-state index contributed by atoms with van der Waals surface area (Å²) in [6, 6.07) is 28.8. The highest BCUT2D eigenvalue weighted by Gasteiger charge is 2.27. The smallest absolute Gasteiger partial charge is 0.257 e. The molecule has 8 rings (SSSR count). The molecule has 0 saturated carbocycles. The number of hydrogen-bond acceptors (Lipinski definition) is 11. The highest BCUT2D eigenvalue weighted by Crippen LogP contribution is 2.26. The van der Waals surface area contributed by atoms with Gasteiger partial charge in [0.25, 0.3) is 11.8 Å². The summed E-state index contributed by atoms with van der Waals surface area (Å²) < 4.78 is 22.3. The van der Waals surface area contributed by atoms with E-state index in [0.717, 1.165) is 52.9 Å². The van der Waals surface area contributed by atoms with Crippen LogP contribution in [0.15, 0.2) is 106 Å². The third-order valence-corrected chi connectivity index (χ3v) is 10.9. The van der Waals surface area contributed by atoms with Gasteiger partial charge >= 0.3 is 0 Å². The Morgan fingerprint density at radius 1 is 0.593 bits per heavy atom. The van der Waals surface area contributed by atoms with Gasteiger partial charge in [-0.05, 0) is 76.2 Å². The molecule has 59 heavy (non-hydrogen) atoms. The van der Waals surface area contributed by atoms with Crippen molar-refractivity contribution in [1.82, 2.24) is 25.1 Å². The van der Waals surface area contributed by atoms with Gasteiger partial charge in [-0.2, -0.15) is 0 Å². The van der Waals surface area contributed by atoms with Crippen LogP contribution in [0.5, 0.6) is 11.5 Å². The highest BCUT2D eigenvalue weighted by atomic mass is 35.5. The Labute approximate surface area is 349 Å². The molecule has 3 aromatic heterocycles. The first-order chi connectivity index (χ1) is 28.7. The number of carbonyl (C=O) groups is 2. The standard InChI is InChI=1S/C23H25N3O3.C22H23ClN4O3/c1-17-21(18(2)29-24-17)16-28-22-11-7-6-10-20(22)23(27)26-14-12-25(13-15-26)19-8-4-3-5-9-19;1-15-19(16(2)30-25-15)14-29-20-6-4-3-5-18(20)22(28)27-11-9-26(10-12-27)21-8-7-17(23)13-24-21/h3-11H,12-16H2,1-2H3;3-8,13H,9-12,14H2,1-2H3. The molecule has 0 unspecified atom stereocenters. The summed E-state index contributed by atoms with van der Waals surface area (Å²) in [6.07, 6.45) is 1.64. The summed E-state index contributed by atoms with van der Waals surface area (Å²) in [5.41, 5.74) is 5.77. The van der Waals surface area contributed by atoms with E-state index in [2.05, 4.69) is 37.2 Å². The van der Waals surface area contributed by atoms with E-state index in [1.807, 2.05) is 110 Å². The van der Waals surface area contributed by atoms with Crippen LogP contribution in [0, 0.1) is 27.7 Å². The Kier molecular flexibility index (Phi) is 13.1. The zero-order chi connectivity index (χ0) is 41.3. The molecule has 2 saturated heterocycles. The molecule has 2 amide bonds. The van der Waals surface area contributed by atoms with E-state index < -0.39 is 0 Å². The van der Waals surface area contributed by atoms with E-state index in [9.17, 15) is 9.59 Å². The van der Waals surface area contributed by atoms with Crippen LogP contribution in [0.3, 0.4) is 0 Å². The number of ether oxygens (including phenoxy) is 2. The van der Waals surface area contributed by atoms with Gasteiger partial charge < -0.3 is 38.1 Å². The van der Waals surface area contributed by atoms with Crippen molar-refractivity contribution >= 4 is 34.9 Å². The number of aryl methyl sites for hydroxylation is 4. The van der Waals surface area contributed by atoms with E-state index in [1.165, 1.54) is 5.69 Å². The average Bonchev–Trinajstić information content (AvgIpc) is 3.78. The van der Waals surface area contributed by atoms with Gasteiger partial charge in [0.1, 0.15) is 42.1 Å². The Bertz CT molecular complexity index is 2290. The number of para-hydroxylation sites is 3. The SMILES string of the molecule is Cc1noc(C)c1COc1ccccc1C(=O)N1CCN(c2ccc(Cl)cn2)CC1.Cc1noc(C)c1COc1ccccc1C(=O)N1CCN(c2ccccc2)CC1. The molecular formula is C45H48ClN7O6. The molecule has 0 bridgehead atoms. The zero-order valence-corrected chi connectivity index (χ0v) is 34.5. The second kappa shape index (κ2) is 18.9. The van der Waals surface area contributed by atoms with Crippen LogP contribution in [-0.2, 0) is 13.2 Å². The van der Waals surface area contributed by atoms with Gasteiger partial charge in [0, 0.05) is 64.2 Å². The number of aromatic nitrogens is 3.